The Morgan fingerprint density at radius 1 is 0.897 bits per heavy atom. The number of aryl methyl sites for hydroxylation is 1. The van der Waals surface area contributed by atoms with Crippen molar-refractivity contribution in [3.05, 3.63) is 125 Å². The Balaban J connectivity index is 1.40. The zero-order chi connectivity index (χ0) is 27.4. The molecule has 2 atom stereocenters. The summed E-state index contributed by atoms with van der Waals surface area (Å²) >= 11 is 0. The number of cyclic esters (lactones) is 1. The van der Waals surface area contributed by atoms with Crippen molar-refractivity contribution in [3.8, 4) is 0 Å². The summed E-state index contributed by atoms with van der Waals surface area (Å²) in [6.07, 6.45) is 0.0616. The molecule has 1 saturated heterocycles. The van der Waals surface area contributed by atoms with Crippen LogP contribution in [0, 0.1) is 6.92 Å². The van der Waals surface area contributed by atoms with Crippen LogP contribution in [0.25, 0.3) is 0 Å². The molecule has 0 radical (unpaired) electrons. The molecule has 8 heteroatoms. The number of nitrogens with zero attached hydrogens (tertiary/aromatic N) is 2. The summed E-state index contributed by atoms with van der Waals surface area (Å²) < 4.78 is 10.9. The Hall–Kier alpha value is -4.85. The number of nitrogens with one attached hydrogen (secondary N) is 1. The molecule has 2 heterocycles. The van der Waals surface area contributed by atoms with Crippen LogP contribution in [0.3, 0.4) is 0 Å². The van der Waals surface area contributed by atoms with Crippen molar-refractivity contribution in [2.75, 3.05) is 12.4 Å². The van der Waals surface area contributed by atoms with Gasteiger partial charge in [-0.3, -0.25) is 14.5 Å². The highest BCUT2D eigenvalue weighted by molar-refractivity contribution is 6.02. The van der Waals surface area contributed by atoms with E-state index in [1.54, 1.807) is 48.3 Å². The van der Waals surface area contributed by atoms with Crippen molar-refractivity contribution in [3.63, 3.8) is 0 Å². The van der Waals surface area contributed by atoms with Crippen molar-refractivity contribution in [2.45, 2.75) is 32.2 Å². The number of ether oxygens (including phenoxy) is 1. The summed E-state index contributed by atoms with van der Waals surface area (Å²) in [7, 11) is 1.73. The molecule has 3 aromatic carbocycles. The molecule has 8 nitrogen and oxygen atoms in total. The molecule has 0 bridgehead atoms. The SMILES string of the molecule is Cc1ccc(CN2C(=O)O[C@H](c3ccc(NC(=O)c4ccco4)cc3)[C@@H]2C(=O)N(C)Cc2ccccc2)cc1. The standard InChI is InChI=1S/C31H29N3O5/c1-21-10-12-23(13-11-21)20-34-27(30(36)33(2)19-22-7-4-3-5-8-22)28(39-31(34)37)24-14-16-25(17-15-24)32-29(35)26-9-6-18-38-26/h3-18,27-28H,19-20H2,1-2H3,(H,32,35)/t27-,28-/m1/s1. The normalized spacial score (nSPS) is 16.6. The quantitative estimate of drug-likeness (QED) is 0.326. The second kappa shape index (κ2) is 11.3. The summed E-state index contributed by atoms with van der Waals surface area (Å²) in [5, 5.41) is 2.77. The van der Waals surface area contributed by atoms with E-state index in [4.69, 9.17) is 9.15 Å². The van der Waals surface area contributed by atoms with Crippen molar-refractivity contribution in [1.29, 1.82) is 0 Å². The smallest absolute Gasteiger partial charge is 0.411 e. The topological polar surface area (TPSA) is 92.1 Å². The van der Waals surface area contributed by atoms with Crippen LogP contribution in [-0.2, 0) is 22.6 Å². The number of anilines is 1. The first-order valence-electron chi connectivity index (χ1n) is 12.7. The molecule has 0 aliphatic carbocycles. The second-order valence-corrected chi connectivity index (χ2v) is 9.60. The minimum Gasteiger partial charge on any atom is -0.459 e. The Kier molecular flexibility index (Phi) is 7.45. The molecular formula is C31H29N3O5. The molecule has 1 aliphatic heterocycles. The molecule has 198 valence electrons. The van der Waals surface area contributed by atoms with Crippen LogP contribution in [-0.4, -0.2) is 40.8 Å². The van der Waals surface area contributed by atoms with E-state index in [-0.39, 0.29) is 24.1 Å². The summed E-state index contributed by atoms with van der Waals surface area (Å²) in [6.45, 7) is 2.63. The third-order valence-electron chi connectivity index (χ3n) is 6.69. The molecule has 1 fully saturated rings. The van der Waals surface area contributed by atoms with Gasteiger partial charge in [0, 0.05) is 19.3 Å². The van der Waals surface area contributed by atoms with Crippen LogP contribution >= 0.6 is 0 Å². The van der Waals surface area contributed by atoms with Crippen LogP contribution in [0.2, 0.25) is 0 Å². The van der Waals surface area contributed by atoms with Crippen molar-refractivity contribution in [2.24, 2.45) is 0 Å². The highest BCUT2D eigenvalue weighted by Gasteiger charge is 2.48. The Labute approximate surface area is 226 Å². The number of benzene rings is 3. The average molecular weight is 524 g/mol. The maximum Gasteiger partial charge on any atom is 0.411 e. The lowest BCUT2D eigenvalue weighted by Gasteiger charge is -2.28. The number of hydrogen-bond acceptors (Lipinski definition) is 5. The van der Waals surface area contributed by atoms with Gasteiger partial charge in [0.15, 0.2) is 17.9 Å². The van der Waals surface area contributed by atoms with Gasteiger partial charge in [0.25, 0.3) is 5.91 Å². The number of hydrogen-bond donors (Lipinski definition) is 1. The molecule has 4 aromatic rings. The maximum absolute atomic E-state index is 13.9. The predicted molar refractivity (Wildman–Crippen MR) is 146 cm³/mol. The highest BCUT2D eigenvalue weighted by atomic mass is 16.6. The molecule has 5 rings (SSSR count). The lowest BCUT2D eigenvalue weighted by Crippen LogP contribution is -2.46. The van der Waals surface area contributed by atoms with Crippen LogP contribution in [0.1, 0.15) is 38.9 Å². The predicted octanol–water partition coefficient (Wildman–Crippen LogP) is 5.56. The number of carbonyl (C=O) groups is 3. The fourth-order valence-corrected chi connectivity index (χ4v) is 4.60. The van der Waals surface area contributed by atoms with Crippen molar-refractivity contribution in [1.82, 2.24) is 9.80 Å². The van der Waals surface area contributed by atoms with E-state index in [1.807, 2.05) is 61.5 Å². The van der Waals surface area contributed by atoms with E-state index < -0.39 is 18.2 Å². The van der Waals surface area contributed by atoms with E-state index in [0.717, 1.165) is 16.7 Å². The maximum atomic E-state index is 13.9. The van der Waals surface area contributed by atoms with Gasteiger partial charge < -0.3 is 19.4 Å². The van der Waals surface area contributed by atoms with Gasteiger partial charge in [0.1, 0.15) is 0 Å². The molecule has 0 spiro atoms. The fourth-order valence-electron chi connectivity index (χ4n) is 4.60. The van der Waals surface area contributed by atoms with Gasteiger partial charge in [-0.1, -0.05) is 72.3 Å². The van der Waals surface area contributed by atoms with Crippen LogP contribution in [0.4, 0.5) is 10.5 Å². The van der Waals surface area contributed by atoms with E-state index in [1.165, 1.54) is 11.2 Å². The molecule has 1 aliphatic rings. The van der Waals surface area contributed by atoms with Gasteiger partial charge in [0.05, 0.1) is 12.8 Å². The summed E-state index contributed by atoms with van der Waals surface area (Å²) in [5.41, 5.74) is 4.19. The first-order valence-corrected chi connectivity index (χ1v) is 12.7. The number of amides is 3. The number of furan rings is 1. The van der Waals surface area contributed by atoms with Gasteiger partial charge in [-0.05, 0) is 47.9 Å². The Morgan fingerprint density at radius 3 is 2.28 bits per heavy atom. The Bertz CT molecular complexity index is 1430. The fraction of sp³-hybridized carbons (Fsp3) is 0.194. The van der Waals surface area contributed by atoms with Gasteiger partial charge in [0.2, 0.25) is 5.91 Å². The van der Waals surface area contributed by atoms with Gasteiger partial charge in [-0.15, -0.1) is 0 Å². The molecule has 0 unspecified atom stereocenters. The minimum atomic E-state index is -0.865. The summed E-state index contributed by atoms with van der Waals surface area (Å²) in [6, 6.07) is 26.8. The first-order chi connectivity index (χ1) is 18.9. The zero-order valence-electron chi connectivity index (χ0n) is 21.7. The van der Waals surface area contributed by atoms with Crippen LogP contribution in [0.5, 0.6) is 0 Å². The third-order valence-corrected chi connectivity index (χ3v) is 6.69. The zero-order valence-corrected chi connectivity index (χ0v) is 21.7. The number of likely N-dealkylation sites (N-methyl/N-ethyl adjacent to an activating group) is 1. The first kappa shape index (κ1) is 25.8. The third kappa shape index (κ3) is 5.85. The number of rotatable bonds is 8. The van der Waals surface area contributed by atoms with E-state index in [0.29, 0.717) is 17.8 Å². The minimum absolute atomic E-state index is 0.197. The van der Waals surface area contributed by atoms with Gasteiger partial charge >= 0.3 is 6.09 Å². The van der Waals surface area contributed by atoms with E-state index in [9.17, 15) is 14.4 Å². The molecule has 3 amide bonds. The van der Waals surface area contributed by atoms with Gasteiger partial charge in [-0.2, -0.15) is 0 Å². The molecule has 39 heavy (non-hydrogen) atoms. The monoisotopic (exact) mass is 523 g/mol. The summed E-state index contributed by atoms with van der Waals surface area (Å²) in [4.78, 5) is 42.4. The average Bonchev–Trinajstić information content (AvgIpc) is 3.59. The molecule has 1 N–H and O–H groups in total. The molecule has 0 saturated carbocycles. The Morgan fingerprint density at radius 2 is 1.62 bits per heavy atom. The van der Waals surface area contributed by atoms with Crippen LogP contribution in [0.15, 0.2) is 102 Å². The lowest BCUT2D eigenvalue weighted by molar-refractivity contribution is -0.136. The molecular weight excluding hydrogens is 494 g/mol. The van der Waals surface area contributed by atoms with Crippen LogP contribution < -0.4 is 5.32 Å². The molecule has 1 aromatic heterocycles. The largest absolute Gasteiger partial charge is 0.459 e. The summed E-state index contributed by atoms with van der Waals surface area (Å²) in [5.74, 6) is -0.403. The highest BCUT2D eigenvalue weighted by Crippen LogP contribution is 2.35. The lowest BCUT2D eigenvalue weighted by atomic mass is 9.99. The second-order valence-electron chi connectivity index (χ2n) is 9.60. The number of carbonyl (C=O) groups excluding carboxylic acids is 3. The van der Waals surface area contributed by atoms with E-state index in [2.05, 4.69) is 5.32 Å². The van der Waals surface area contributed by atoms with Crippen molar-refractivity contribution < 1.29 is 23.5 Å². The van der Waals surface area contributed by atoms with E-state index >= 15 is 0 Å². The van der Waals surface area contributed by atoms with Crippen molar-refractivity contribution >= 4 is 23.6 Å². The van der Waals surface area contributed by atoms with Gasteiger partial charge in [-0.25, -0.2) is 4.79 Å².